The second-order valence-electron chi connectivity index (χ2n) is 2.19. The van der Waals surface area contributed by atoms with Crippen molar-refractivity contribution in [1.82, 2.24) is 4.90 Å². The highest BCUT2D eigenvalue weighted by Crippen LogP contribution is 2.27. The van der Waals surface area contributed by atoms with Crippen LogP contribution in [0.1, 0.15) is 0 Å². The standard InChI is InChI=1S/C5H10ClNO2P/c6-10(8)5-7-1-3-9-4-2-7/h1-5H2/q+1. The molecule has 1 fully saturated rings. The fourth-order valence-corrected chi connectivity index (χ4v) is 1.95. The average Bonchev–Trinajstić information content (AvgIpc) is 1.88. The lowest BCUT2D eigenvalue weighted by Crippen LogP contribution is -2.35. The van der Waals surface area contributed by atoms with Gasteiger partial charge in [0.25, 0.3) is 0 Å². The van der Waals surface area contributed by atoms with Crippen LogP contribution in [0.2, 0.25) is 0 Å². The first-order valence-electron chi connectivity index (χ1n) is 3.19. The molecule has 0 bridgehead atoms. The van der Waals surface area contributed by atoms with E-state index in [1.165, 1.54) is 0 Å². The Kier molecular flexibility index (Phi) is 3.57. The Morgan fingerprint density at radius 3 is 2.60 bits per heavy atom. The van der Waals surface area contributed by atoms with E-state index in [1.807, 2.05) is 0 Å². The molecular formula is C5H10ClNO2P+. The SMILES string of the molecule is O=[P+](Cl)CN1CCOCC1. The Morgan fingerprint density at radius 2 is 2.10 bits per heavy atom. The van der Waals surface area contributed by atoms with Crippen LogP contribution in [0.3, 0.4) is 0 Å². The van der Waals surface area contributed by atoms with E-state index in [2.05, 4.69) is 4.90 Å². The molecule has 0 radical (unpaired) electrons. The third-order valence-corrected chi connectivity index (χ3v) is 2.36. The molecule has 0 amide bonds. The first-order chi connectivity index (χ1) is 4.79. The normalized spacial score (nSPS) is 22.7. The van der Waals surface area contributed by atoms with Gasteiger partial charge in [0.2, 0.25) is 17.5 Å². The van der Waals surface area contributed by atoms with Crippen LogP contribution in [-0.2, 0) is 9.30 Å². The van der Waals surface area contributed by atoms with Crippen molar-refractivity contribution in [1.29, 1.82) is 0 Å². The lowest BCUT2D eigenvalue weighted by Gasteiger charge is -2.21. The molecule has 1 aliphatic heterocycles. The molecule has 0 aromatic heterocycles. The fourth-order valence-electron chi connectivity index (χ4n) is 0.900. The Balaban J connectivity index is 2.19. The summed E-state index contributed by atoms with van der Waals surface area (Å²) in [7, 11) is -1.53. The van der Waals surface area contributed by atoms with Gasteiger partial charge in [0.1, 0.15) is 0 Å². The highest BCUT2D eigenvalue weighted by atomic mass is 35.7. The van der Waals surface area contributed by atoms with Crippen LogP contribution in [0.4, 0.5) is 0 Å². The Morgan fingerprint density at radius 1 is 1.50 bits per heavy atom. The van der Waals surface area contributed by atoms with Crippen molar-refractivity contribution in [3.63, 3.8) is 0 Å². The first-order valence-corrected chi connectivity index (χ1v) is 5.54. The first kappa shape index (κ1) is 8.41. The third-order valence-electron chi connectivity index (χ3n) is 1.41. The second-order valence-corrected chi connectivity index (χ2v) is 4.24. The van der Waals surface area contributed by atoms with Gasteiger partial charge in [-0.05, 0) is 0 Å². The van der Waals surface area contributed by atoms with Crippen LogP contribution < -0.4 is 0 Å². The molecule has 0 aromatic rings. The molecule has 0 N–H and O–H groups in total. The minimum Gasteiger partial charge on any atom is -0.379 e. The Hall–Kier alpha value is 0.310. The molecule has 1 unspecified atom stereocenters. The summed E-state index contributed by atoms with van der Waals surface area (Å²) < 4.78 is 15.6. The van der Waals surface area contributed by atoms with Gasteiger partial charge in [0.05, 0.1) is 13.2 Å². The van der Waals surface area contributed by atoms with E-state index in [4.69, 9.17) is 16.0 Å². The number of ether oxygens (including phenoxy) is 1. The Labute approximate surface area is 65.9 Å². The fraction of sp³-hybridized carbons (Fsp3) is 1.00. The molecule has 1 saturated heterocycles. The van der Waals surface area contributed by atoms with E-state index in [9.17, 15) is 4.57 Å². The van der Waals surface area contributed by atoms with Gasteiger partial charge in [-0.25, -0.2) is 0 Å². The van der Waals surface area contributed by atoms with Crippen LogP contribution in [0.25, 0.3) is 0 Å². The second kappa shape index (κ2) is 4.24. The van der Waals surface area contributed by atoms with Crippen molar-refractivity contribution in [3.8, 4) is 0 Å². The molecule has 5 heteroatoms. The molecule has 10 heavy (non-hydrogen) atoms. The highest BCUT2D eigenvalue weighted by Gasteiger charge is 2.19. The topological polar surface area (TPSA) is 29.5 Å². The van der Waals surface area contributed by atoms with Gasteiger partial charge in [0.15, 0.2) is 0 Å². The Bertz CT molecular complexity index is 127. The van der Waals surface area contributed by atoms with Crippen molar-refractivity contribution < 1.29 is 9.30 Å². The maximum absolute atomic E-state index is 10.5. The van der Waals surface area contributed by atoms with Crippen molar-refractivity contribution in [3.05, 3.63) is 0 Å². The van der Waals surface area contributed by atoms with Gasteiger partial charge in [-0.15, -0.1) is 0 Å². The zero-order valence-corrected chi connectivity index (χ0v) is 7.27. The molecule has 0 saturated carbocycles. The lowest BCUT2D eigenvalue weighted by atomic mass is 10.5. The summed E-state index contributed by atoms with van der Waals surface area (Å²) in [6.45, 7) is 3.18. The summed E-state index contributed by atoms with van der Waals surface area (Å²) in [6, 6.07) is 0. The van der Waals surface area contributed by atoms with Crippen molar-refractivity contribution in [2.45, 2.75) is 0 Å². The molecule has 0 spiro atoms. The van der Waals surface area contributed by atoms with Crippen LogP contribution in [0.15, 0.2) is 0 Å². The summed E-state index contributed by atoms with van der Waals surface area (Å²) in [5, 5.41) is 0. The van der Waals surface area contributed by atoms with Crippen LogP contribution >= 0.6 is 18.4 Å². The molecule has 0 aromatic carbocycles. The minimum absolute atomic E-state index is 0.500. The largest absolute Gasteiger partial charge is 0.470 e. The molecule has 58 valence electrons. The van der Waals surface area contributed by atoms with Gasteiger partial charge in [-0.2, -0.15) is 0 Å². The third kappa shape index (κ3) is 2.93. The summed E-state index contributed by atoms with van der Waals surface area (Å²) in [5.74, 6) is 0. The van der Waals surface area contributed by atoms with E-state index in [0.717, 1.165) is 26.3 Å². The van der Waals surface area contributed by atoms with E-state index < -0.39 is 7.15 Å². The smallest absolute Gasteiger partial charge is 0.379 e. The number of rotatable bonds is 2. The van der Waals surface area contributed by atoms with E-state index in [0.29, 0.717) is 6.29 Å². The van der Waals surface area contributed by atoms with Gasteiger partial charge in [0, 0.05) is 13.1 Å². The number of hydrogen-bond donors (Lipinski definition) is 0. The predicted molar refractivity (Wildman–Crippen MR) is 40.7 cm³/mol. The number of nitrogens with zero attached hydrogens (tertiary/aromatic N) is 1. The maximum atomic E-state index is 10.5. The summed E-state index contributed by atoms with van der Waals surface area (Å²) in [4.78, 5) is 2.05. The van der Waals surface area contributed by atoms with Crippen LogP contribution in [0, 0.1) is 0 Å². The molecule has 1 rings (SSSR count). The molecular weight excluding hydrogens is 172 g/mol. The molecule has 0 aliphatic carbocycles. The number of morpholine rings is 1. The monoisotopic (exact) mass is 182 g/mol. The van der Waals surface area contributed by atoms with E-state index in [1.54, 1.807) is 0 Å². The maximum Gasteiger partial charge on any atom is 0.470 e. The molecule has 1 aliphatic rings. The molecule has 3 nitrogen and oxygen atoms in total. The summed E-state index contributed by atoms with van der Waals surface area (Å²) in [6.07, 6.45) is 0.500. The number of hydrogen-bond acceptors (Lipinski definition) is 3. The van der Waals surface area contributed by atoms with E-state index >= 15 is 0 Å². The molecule has 1 atom stereocenters. The summed E-state index contributed by atoms with van der Waals surface area (Å²) in [5.41, 5.74) is 0. The lowest BCUT2D eigenvalue weighted by molar-refractivity contribution is 0.0467. The van der Waals surface area contributed by atoms with Gasteiger partial charge < -0.3 is 4.74 Å². The summed E-state index contributed by atoms with van der Waals surface area (Å²) >= 11 is 5.34. The minimum atomic E-state index is -1.53. The predicted octanol–water partition coefficient (Wildman–Crippen LogP) is 1.26. The van der Waals surface area contributed by atoms with Gasteiger partial charge in [-0.1, -0.05) is 4.57 Å². The quantitative estimate of drug-likeness (QED) is 0.602. The van der Waals surface area contributed by atoms with Gasteiger partial charge >= 0.3 is 7.15 Å². The van der Waals surface area contributed by atoms with Crippen molar-refractivity contribution in [2.75, 3.05) is 32.6 Å². The zero-order chi connectivity index (χ0) is 7.40. The van der Waals surface area contributed by atoms with E-state index in [-0.39, 0.29) is 0 Å². The average molecular weight is 183 g/mol. The molecule has 1 heterocycles. The zero-order valence-electron chi connectivity index (χ0n) is 5.62. The number of halogens is 1. The van der Waals surface area contributed by atoms with Crippen LogP contribution in [0.5, 0.6) is 0 Å². The van der Waals surface area contributed by atoms with Gasteiger partial charge in [-0.3, -0.25) is 4.90 Å². The van der Waals surface area contributed by atoms with Crippen molar-refractivity contribution >= 4 is 18.4 Å². The van der Waals surface area contributed by atoms with Crippen LogP contribution in [-0.4, -0.2) is 37.5 Å². The highest BCUT2D eigenvalue weighted by molar-refractivity contribution is 7.73. The van der Waals surface area contributed by atoms with Crippen molar-refractivity contribution in [2.24, 2.45) is 0 Å².